The summed E-state index contributed by atoms with van der Waals surface area (Å²) < 4.78 is 11.2. The first-order chi connectivity index (χ1) is 21.3. The summed E-state index contributed by atoms with van der Waals surface area (Å²) in [6.45, 7) is 20.8. The van der Waals surface area contributed by atoms with Crippen LogP contribution in [0.2, 0.25) is 0 Å². The Kier molecular flexibility index (Phi) is 13.8. The number of unbranched alkanes of at least 4 members (excludes halogenated alkanes) is 6. The van der Waals surface area contributed by atoms with Gasteiger partial charge in [0.25, 0.3) is 0 Å². The molecular formula is C38H46O2S4. The van der Waals surface area contributed by atoms with Gasteiger partial charge in [0.15, 0.2) is 0 Å². The topological polar surface area (TPSA) is 18.5 Å². The highest BCUT2D eigenvalue weighted by Gasteiger charge is 2.12. The van der Waals surface area contributed by atoms with Crippen LogP contribution in [0.1, 0.15) is 75.0 Å². The highest BCUT2D eigenvalue weighted by molar-refractivity contribution is 7.28. The number of hydrogen-bond donors (Lipinski definition) is 0. The third kappa shape index (κ3) is 10.8. The Morgan fingerprint density at radius 3 is 1.14 bits per heavy atom. The second kappa shape index (κ2) is 17.7. The molecule has 0 aliphatic carbocycles. The number of allylic oxidation sites excluding steroid dienone is 2. The van der Waals surface area contributed by atoms with E-state index in [4.69, 9.17) is 9.47 Å². The second-order valence-corrected chi connectivity index (χ2v) is 15.8. The van der Waals surface area contributed by atoms with Gasteiger partial charge in [0.2, 0.25) is 0 Å². The molecule has 4 heterocycles. The van der Waals surface area contributed by atoms with Crippen molar-refractivity contribution < 1.29 is 9.47 Å². The molecule has 234 valence electrons. The Hall–Kier alpha value is -2.64. The van der Waals surface area contributed by atoms with Crippen LogP contribution < -0.4 is 0 Å². The molecule has 0 radical (unpaired) electrons. The third-order valence-electron chi connectivity index (χ3n) is 7.40. The number of ether oxygens (including phenoxy) is 2. The summed E-state index contributed by atoms with van der Waals surface area (Å²) in [4.78, 5) is 11.2. The molecule has 4 rings (SSSR count). The summed E-state index contributed by atoms with van der Waals surface area (Å²) in [5.74, 6) is 1.43. The maximum absolute atomic E-state index is 5.62. The molecule has 0 fully saturated rings. The predicted molar refractivity (Wildman–Crippen MR) is 198 cm³/mol. The fourth-order valence-corrected chi connectivity index (χ4v) is 9.02. The number of aryl methyl sites for hydroxylation is 2. The Bertz CT molecular complexity index is 1410. The molecule has 4 aromatic heterocycles. The van der Waals surface area contributed by atoms with Gasteiger partial charge in [-0.1, -0.05) is 52.0 Å². The van der Waals surface area contributed by atoms with Crippen LogP contribution in [0.15, 0.2) is 97.5 Å². The van der Waals surface area contributed by atoms with Crippen LogP contribution in [0.25, 0.3) is 29.3 Å². The largest absolute Gasteiger partial charge is 0.494 e. The number of thiophene rings is 4. The molecule has 0 saturated carbocycles. The molecule has 0 bridgehead atoms. The molecule has 0 aliphatic rings. The molecule has 0 amide bonds. The molecule has 4 aromatic rings. The molecule has 0 aromatic carbocycles. The van der Waals surface area contributed by atoms with Crippen molar-refractivity contribution in [2.75, 3.05) is 13.2 Å². The van der Waals surface area contributed by atoms with Crippen LogP contribution in [-0.4, -0.2) is 13.2 Å². The summed E-state index contributed by atoms with van der Waals surface area (Å²) in [7, 11) is 0. The minimum absolute atomic E-state index is 0.714. The van der Waals surface area contributed by atoms with E-state index in [1.165, 1.54) is 77.5 Å². The van der Waals surface area contributed by atoms with Crippen molar-refractivity contribution in [2.45, 2.75) is 78.1 Å². The Morgan fingerprint density at radius 1 is 0.455 bits per heavy atom. The second-order valence-electron chi connectivity index (χ2n) is 11.3. The smallest absolute Gasteiger partial charge is 0.114 e. The first-order valence-electron chi connectivity index (χ1n) is 15.6. The van der Waals surface area contributed by atoms with Gasteiger partial charge < -0.3 is 9.47 Å². The molecule has 0 saturated heterocycles. The lowest BCUT2D eigenvalue weighted by atomic mass is 10.1. The lowest BCUT2D eigenvalue weighted by Gasteiger charge is -2.08. The fraction of sp³-hybridized carbons (Fsp3) is 0.368. The van der Waals surface area contributed by atoms with Gasteiger partial charge in [0.05, 0.1) is 13.2 Å². The SMILES string of the molecule is C=C(C)C(=C)OCCCCCCc1ccc(-c2ccc(-c3ccc(-c4ccc(CCCCCCOC(=C)C(=C)C)s4)s3)s2)s1. The van der Waals surface area contributed by atoms with Crippen molar-refractivity contribution in [1.82, 2.24) is 0 Å². The number of rotatable bonds is 21. The van der Waals surface area contributed by atoms with Crippen molar-refractivity contribution in [2.24, 2.45) is 0 Å². The van der Waals surface area contributed by atoms with Crippen molar-refractivity contribution in [3.63, 3.8) is 0 Å². The monoisotopic (exact) mass is 662 g/mol. The summed E-state index contributed by atoms with van der Waals surface area (Å²) >= 11 is 7.71. The average Bonchev–Trinajstić information content (AvgIpc) is 3.82. The van der Waals surface area contributed by atoms with Gasteiger partial charge in [0.1, 0.15) is 11.5 Å². The van der Waals surface area contributed by atoms with Crippen LogP contribution in [0.4, 0.5) is 0 Å². The summed E-state index contributed by atoms with van der Waals surface area (Å²) in [5, 5.41) is 0. The summed E-state index contributed by atoms with van der Waals surface area (Å²) in [6.07, 6.45) is 11.7. The Balaban J connectivity index is 1.18. The van der Waals surface area contributed by atoms with E-state index in [-0.39, 0.29) is 0 Å². The third-order valence-corrected chi connectivity index (χ3v) is 12.5. The van der Waals surface area contributed by atoms with Crippen molar-refractivity contribution in [1.29, 1.82) is 0 Å². The van der Waals surface area contributed by atoms with E-state index >= 15 is 0 Å². The lowest BCUT2D eigenvalue weighted by Crippen LogP contribution is -1.95. The van der Waals surface area contributed by atoms with Gasteiger partial charge in [-0.3, -0.25) is 0 Å². The van der Waals surface area contributed by atoms with Crippen LogP contribution in [0, 0.1) is 0 Å². The minimum Gasteiger partial charge on any atom is -0.494 e. The normalized spacial score (nSPS) is 11.0. The molecule has 2 nitrogen and oxygen atoms in total. The highest BCUT2D eigenvalue weighted by Crippen LogP contribution is 2.43. The highest BCUT2D eigenvalue weighted by atomic mass is 32.1. The molecule has 0 N–H and O–H groups in total. The fourth-order valence-electron chi connectivity index (χ4n) is 4.64. The molecule has 44 heavy (non-hydrogen) atoms. The van der Waals surface area contributed by atoms with E-state index in [1.54, 1.807) is 0 Å². The van der Waals surface area contributed by atoms with Gasteiger partial charge >= 0.3 is 0 Å². The van der Waals surface area contributed by atoms with E-state index < -0.39 is 0 Å². The standard InChI is InChI=1S/C38H46O2S4/c1-27(2)29(5)39-25-13-9-7-11-15-31-17-19-33(41-31)35-21-23-37(43-35)38-24-22-36(44-38)34-20-18-32(42-34)16-12-8-10-14-26-40-30(6)28(3)4/h17-24H,1,3,5-16,25-26H2,2,4H3. The van der Waals surface area contributed by atoms with Gasteiger partial charge in [-0.25, -0.2) is 0 Å². The maximum Gasteiger partial charge on any atom is 0.114 e. The number of hydrogen-bond acceptors (Lipinski definition) is 6. The first kappa shape index (κ1) is 34.2. The average molecular weight is 663 g/mol. The van der Waals surface area contributed by atoms with Gasteiger partial charge in [-0.05, 0) is 112 Å². The maximum atomic E-state index is 5.62. The van der Waals surface area contributed by atoms with Gasteiger partial charge in [-0.2, -0.15) is 0 Å². The van der Waals surface area contributed by atoms with Crippen molar-refractivity contribution >= 4 is 45.3 Å². The zero-order valence-corrected chi connectivity index (χ0v) is 29.6. The predicted octanol–water partition coefficient (Wildman–Crippen LogP) is 13.4. The van der Waals surface area contributed by atoms with Crippen molar-refractivity contribution in [3.05, 3.63) is 107 Å². The lowest BCUT2D eigenvalue weighted by molar-refractivity contribution is 0.214. The van der Waals surface area contributed by atoms with Gasteiger partial charge in [0, 0.05) is 39.0 Å². The summed E-state index contributed by atoms with van der Waals surface area (Å²) in [5.41, 5.74) is 1.82. The Labute approximate surface area is 281 Å². The van der Waals surface area contributed by atoms with E-state index in [0.29, 0.717) is 11.5 Å². The van der Waals surface area contributed by atoms with E-state index in [9.17, 15) is 0 Å². The van der Waals surface area contributed by atoms with E-state index in [0.717, 1.165) is 50.0 Å². The summed E-state index contributed by atoms with van der Waals surface area (Å²) in [6, 6.07) is 18.4. The van der Waals surface area contributed by atoms with Crippen LogP contribution in [-0.2, 0) is 22.3 Å². The zero-order chi connectivity index (χ0) is 31.3. The molecule has 0 unspecified atom stereocenters. The molecule has 6 heteroatoms. The Morgan fingerprint density at radius 2 is 0.773 bits per heavy atom. The minimum atomic E-state index is 0.714. The zero-order valence-electron chi connectivity index (χ0n) is 26.4. The van der Waals surface area contributed by atoms with Gasteiger partial charge in [-0.15, -0.1) is 45.3 Å². The molecule has 0 aliphatic heterocycles. The van der Waals surface area contributed by atoms with Crippen LogP contribution in [0.5, 0.6) is 0 Å². The van der Waals surface area contributed by atoms with E-state index in [1.807, 2.05) is 59.2 Å². The van der Waals surface area contributed by atoms with Crippen LogP contribution >= 0.6 is 45.3 Å². The molecule has 0 spiro atoms. The molecular weight excluding hydrogens is 617 g/mol. The van der Waals surface area contributed by atoms with Crippen LogP contribution in [0.3, 0.4) is 0 Å². The van der Waals surface area contributed by atoms with E-state index in [2.05, 4.69) is 74.8 Å². The van der Waals surface area contributed by atoms with Crippen molar-refractivity contribution in [3.8, 4) is 29.3 Å². The quantitative estimate of drug-likeness (QED) is 0.0502. The molecule has 0 atom stereocenters. The first-order valence-corrected chi connectivity index (χ1v) is 18.9.